The van der Waals surface area contributed by atoms with Crippen LogP contribution in [-0.2, 0) is 0 Å². The fourth-order valence-electron chi connectivity index (χ4n) is 2.88. The van der Waals surface area contributed by atoms with E-state index in [1.54, 1.807) is 0 Å². The van der Waals surface area contributed by atoms with E-state index in [-0.39, 0.29) is 0 Å². The number of nitrogens with two attached hydrogens (primary N) is 1. The van der Waals surface area contributed by atoms with Gasteiger partial charge in [0, 0.05) is 24.3 Å². The summed E-state index contributed by atoms with van der Waals surface area (Å²) in [6.07, 6.45) is 3.95. The van der Waals surface area contributed by atoms with Gasteiger partial charge in [0.2, 0.25) is 0 Å². The summed E-state index contributed by atoms with van der Waals surface area (Å²) in [6.45, 7) is 7.01. The Morgan fingerprint density at radius 2 is 1.89 bits per heavy atom. The van der Waals surface area contributed by atoms with Crippen molar-refractivity contribution in [2.24, 2.45) is 17.6 Å². The van der Waals surface area contributed by atoms with Gasteiger partial charge in [0.05, 0.1) is 0 Å². The summed E-state index contributed by atoms with van der Waals surface area (Å²) in [5, 5.41) is 0. The predicted octanol–water partition coefficient (Wildman–Crippen LogP) is 3.58. The molecule has 0 bridgehead atoms. The number of nitrogens with zero attached hydrogens (tertiary/aromatic N) is 1. The van der Waals surface area contributed by atoms with E-state index in [9.17, 15) is 0 Å². The SMILES string of the molecule is CC(C)C1CCCN(c2ccc(C(N)=S)cc2)CC1. The molecule has 1 saturated heterocycles. The molecule has 1 aliphatic rings. The molecule has 0 aliphatic carbocycles. The molecular weight excluding hydrogens is 252 g/mol. The lowest BCUT2D eigenvalue weighted by atomic mass is 9.89. The lowest BCUT2D eigenvalue weighted by Gasteiger charge is -2.23. The molecule has 3 heteroatoms. The minimum Gasteiger partial charge on any atom is -0.389 e. The molecule has 0 spiro atoms. The molecule has 1 aromatic carbocycles. The molecule has 1 heterocycles. The second kappa shape index (κ2) is 6.38. The monoisotopic (exact) mass is 276 g/mol. The van der Waals surface area contributed by atoms with Crippen molar-refractivity contribution in [2.75, 3.05) is 18.0 Å². The number of anilines is 1. The number of rotatable bonds is 3. The Balaban J connectivity index is 2.03. The van der Waals surface area contributed by atoms with E-state index in [4.69, 9.17) is 18.0 Å². The van der Waals surface area contributed by atoms with Crippen LogP contribution in [0.15, 0.2) is 24.3 Å². The van der Waals surface area contributed by atoms with Crippen LogP contribution in [0.1, 0.15) is 38.7 Å². The first-order chi connectivity index (χ1) is 9.08. The van der Waals surface area contributed by atoms with Crippen LogP contribution in [0.3, 0.4) is 0 Å². The number of hydrogen-bond acceptors (Lipinski definition) is 2. The maximum Gasteiger partial charge on any atom is 0.103 e. The highest BCUT2D eigenvalue weighted by atomic mass is 32.1. The van der Waals surface area contributed by atoms with Crippen molar-refractivity contribution in [1.29, 1.82) is 0 Å². The zero-order valence-corrected chi connectivity index (χ0v) is 12.7. The zero-order chi connectivity index (χ0) is 13.8. The molecule has 1 aromatic rings. The average Bonchev–Trinajstić information content (AvgIpc) is 2.64. The summed E-state index contributed by atoms with van der Waals surface area (Å²) >= 11 is 4.99. The van der Waals surface area contributed by atoms with Gasteiger partial charge in [-0.25, -0.2) is 0 Å². The first-order valence-electron chi connectivity index (χ1n) is 7.22. The molecule has 1 atom stereocenters. The van der Waals surface area contributed by atoms with Crippen LogP contribution in [-0.4, -0.2) is 18.1 Å². The average molecular weight is 276 g/mol. The van der Waals surface area contributed by atoms with Gasteiger partial charge in [0.1, 0.15) is 4.99 Å². The van der Waals surface area contributed by atoms with Crippen molar-refractivity contribution in [2.45, 2.75) is 33.1 Å². The zero-order valence-electron chi connectivity index (χ0n) is 11.9. The lowest BCUT2D eigenvalue weighted by molar-refractivity contribution is 0.351. The van der Waals surface area contributed by atoms with Gasteiger partial charge < -0.3 is 10.6 Å². The summed E-state index contributed by atoms with van der Waals surface area (Å²) in [5.41, 5.74) is 7.88. The smallest absolute Gasteiger partial charge is 0.103 e. The van der Waals surface area contributed by atoms with E-state index in [1.807, 2.05) is 12.1 Å². The van der Waals surface area contributed by atoms with E-state index < -0.39 is 0 Å². The normalized spacial score (nSPS) is 20.4. The van der Waals surface area contributed by atoms with Gasteiger partial charge in [-0.3, -0.25) is 0 Å². The molecule has 0 aromatic heterocycles. The molecule has 2 rings (SSSR count). The van der Waals surface area contributed by atoms with Crippen LogP contribution in [0.4, 0.5) is 5.69 Å². The van der Waals surface area contributed by atoms with Gasteiger partial charge in [-0.2, -0.15) is 0 Å². The maximum atomic E-state index is 5.64. The van der Waals surface area contributed by atoms with Crippen molar-refractivity contribution in [3.63, 3.8) is 0 Å². The van der Waals surface area contributed by atoms with E-state index in [2.05, 4.69) is 30.9 Å². The van der Waals surface area contributed by atoms with Crippen molar-refractivity contribution < 1.29 is 0 Å². The molecule has 2 nitrogen and oxygen atoms in total. The summed E-state index contributed by atoms with van der Waals surface area (Å²) in [4.78, 5) is 2.97. The van der Waals surface area contributed by atoms with Gasteiger partial charge in [0.25, 0.3) is 0 Å². The van der Waals surface area contributed by atoms with Gasteiger partial charge in [-0.1, -0.05) is 26.1 Å². The van der Waals surface area contributed by atoms with E-state index >= 15 is 0 Å². The van der Waals surface area contributed by atoms with Crippen molar-refractivity contribution >= 4 is 22.9 Å². The van der Waals surface area contributed by atoms with Crippen LogP contribution >= 0.6 is 12.2 Å². The highest BCUT2D eigenvalue weighted by Crippen LogP contribution is 2.27. The topological polar surface area (TPSA) is 29.3 Å². The third-order valence-electron chi connectivity index (χ3n) is 4.23. The van der Waals surface area contributed by atoms with Gasteiger partial charge in [-0.15, -0.1) is 0 Å². The van der Waals surface area contributed by atoms with Crippen molar-refractivity contribution in [1.82, 2.24) is 0 Å². The Morgan fingerprint density at radius 3 is 2.47 bits per heavy atom. The Labute approximate surface area is 122 Å². The quantitative estimate of drug-likeness (QED) is 0.856. The third kappa shape index (κ3) is 3.69. The Kier molecular flexibility index (Phi) is 4.81. The number of thiocarbonyl (C=S) groups is 1. The summed E-state index contributed by atoms with van der Waals surface area (Å²) in [6, 6.07) is 8.35. The molecule has 0 saturated carbocycles. The molecule has 2 N–H and O–H groups in total. The van der Waals surface area contributed by atoms with E-state index in [1.165, 1.54) is 24.9 Å². The van der Waals surface area contributed by atoms with Crippen LogP contribution in [0.5, 0.6) is 0 Å². The van der Waals surface area contributed by atoms with E-state index in [0.29, 0.717) is 4.99 Å². The minimum atomic E-state index is 0.474. The Morgan fingerprint density at radius 1 is 1.21 bits per heavy atom. The fraction of sp³-hybridized carbons (Fsp3) is 0.562. The van der Waals surface area contributed by atoms with Crippen LogP contribution < -0.4 is 10.6 Å². The molecule has 104 valence electrons. The van der Waals surface area contributed by atoms with Crippen LogP contribution in [0.2, 0.25) is 0 Å². The molecule has 19 heavy (non-hydrogen) atoms. The fourth-order valence-corrected chi connectivity index (χ4v) is 3.02. The van der Waals surface area contributed by atoms with E-state index in [0.717, 1.165) is 30.5 Å². The molecule has 1 unspecified atom stereocenters. The third-order valence-corrected chi connectivity index (χ3v) is 4.47. The van der Waals surface area contributed by atoms with Crippen LogP contribution in [0, 0.1) is 11.8 Å². The lowest BCUT2D eigenvalue weighted by Crippen LogP contribution is -2.24. The predicted molar refractivity (Wildman–Crippen MR) is 86.7 cm³/mol. The molecule has 0 amide bonds. The Bertz CT molecular complexity index is 425. The minimum absolute atomic E-state index is 0.474. The second-order valence-electron chi connectivity index (χ2n) is 5.83. The summed E-state index contributed by atoms with van der Waals surface area (Å²) < 4.78 is 0. The first kappa shape index (κ1) is 14.3. The Hall–Kier alpha value is -1.09. The molecule has 1 aliphatic heterocycles. The maximum absolute atomic E-state index is 5.64. The van der Waals surface area contributed by atoms with Crippen LogP contribution in [0.25, 0.3) is 0 Å². The summed E-state index contributed by atoms with van der Waals surface area (Å²) in [7, 11) is 0. The van der Waals surface area contributed by atoms with Gasteiger partial charge in [-0.05, 0) is 55.4 Å². The number of hydrogen-bond donors (Lipinski definition) is 1. The van der Waals surface area contributed by atoms with Crippen molar-refractivity contribution in [3.8, 4) is 0 Å². The highest BCUT2D eigenvalue weighted by molar-refractivity contribution is 7.80. The highest BCUT2D eigenvalue weighted by Gasteiger charge is 2.19. The first-order valence-corrected chi connectivity index (χ1v) is 7.63. The summed E-state index contributed by atoms with van der Waals surface area (Å²) in [5.74, 6) is 1.68. The molecular formula is C16H24N2S. The van der Waals surface area contributed by atoms with Gasteiger partial charge >= 0.3 is 0 Å². The molecule has 1 fully saturated rings. The molecule has 0 radical (unpaired) electrons. The second-order valence-corrected chi connectivity index (χ2v) is 6.27. The number of benzene rings is 1. The largest absolute Gasteiger partial charge is 0.389 e. The standard InChI is InChI=1S/C16H24N2S/c1-12(2)13-4-3-10-18(11-9-13)15-7-5-14(6-8-15)16(17)19/h5-8,12-13H,3-4,9-11H2,1-2H3,(H2,17,19). The van der Waals surface area contributed by atoms with Crippen molar-refractivity contribution in [3.05, 3.63) is 29.8 Å². The van der Waals surface area contributed by atoms with Gasteiger partial charge in [0.15, 0.2) is 0 Å².